The van der Waals surface area contributed by atoms with Gasteiger partial charge in [-0.3, -0.25) is 9.59 Å². The Morgan fingerprint density at radius 2 is 1.64 bits per heavy atom. The summed E-state index contributed by atoms with van der Waals surface area (Å²) < 4.78 is 52.8. The van der Waals surface area contributed by atoms with Crippen molar-refractivity contribution in [2.45, 2.75) is 185 Å². The maximum Gasteiger partial charge on any atom is 0.341 e. The number of carbonyl (C=O) groups excluding carboxylic acids is 1. The summed E-state index contributed by atoms with van der Waals surface area (Å²) in [6.45, 7) is 18.9. The molecule has 19 nitrogen and oxygen atoms in total. The van der Waals surface area contributed by atoms with E-state index in [1.807, 2.05) is 71.6 Å². The number of hydrogen-bond donors (Lipinski definition) is 5. The van der Waals surface area contributed by atoms with E-state index in [2.05, 4.69) is 0 Å². The van der Waals surface area contributed by atoms with Crippen LogP contribution in [0.2, 0.25) is 0 Å². The molecule has 0 bridgehead atoms. The maximum absolute atomic E-state index is 14.6. The zero-order valence-electron chi connectivity index (χ0n) is 45.8. The van der Waals surface area contributed by atoms with Gasteiger partial charge in [0, 0.05) is 56.7 Å². The van der Waals surface area contributed by atoms with Crippen molar-refractivity contribution in [2.75, 3.05) is 54.6 Å². The number of benzene rings is 1. The molecule has 0 radical (unpaired) electrons. The van der Waals surface area contributed by atoms with Gasteiger partial charge < -0.3 is 77.8 Å². The molecular formula is C54H87N3O16. The molecule has 0 saturated carbocycles. The first-order valence-electron chi connectivity index (χ1n) is 25.9. The number of fused-ring (bicyclic) bond motifs is 1. The molecule has 4 heterocycles. The van der Waals surface area contributed by atoms with Crippen molar-refractivity contribution in [1.82, 2.24) is 14.4 Å². The molecule has 1 aromatic carbocycles. The first kappa shape index (κ1) is 60.5. The van der Waals surface area contributed by atoms with Gasteiger partial charge in [0.2, 0.25) is 5.43 Å². The lowest BCUT2D eigenvalue weighted by Gasteiger charge is -2.49. The summed E-state index contributed by atoms with van der Waals surface area (Å²) in [7, 11) is 8.87. The second-order valence-corrected chi connectivity index (χ2v) is 22.1. The van der Waals surface area contributed by atoms with E-state index in [9.17, 15) is 39.9 Å². The standard InChI is InChI=1S/C54H87N3O16/c1-16-41-54(10,65)46(60)34(6)56(13)28-30(2)26-52(8,64)47(73-51-44(59)40(55(11)12)24-31(3)69-51)32(4)45(33(5)50(63)71-41)72-42-27-53(9,66-15)48(35(7)70-42)68-23-22-67-21-17-18-36-19-20-39-37(25-36)43(58)38(49(61)62)29-57(39)14/h17-20,25,29-35,40-42,44-48,51,59-60,64-65H,16,21-24,26-28H2,1-15H3,(H,61,62)/b18-17+/t30-,31-,32+,33-,34-,35+,40+,41-,42+,44-,45+,46-,47-,48+,51+,52-,53-,54-/m1/s1. The third kappa shape index (κ3) is 14.2. The second-order valence-electron chi connectivity index (χ2n) is 22.1. The van der Waals surface area contributed by atoms with Gasteiger partial charge in [-0.25, -0.2) is 4.79 Å². The van der Waals surface area contributed by atoms with Crippen molar-refractivity contribution in [2.24, 2.45) is 24.8 Å². The number of hydrogen-bond acceptors (Lipinski definition) is 17. The van der Waals surface area contributed by atoms with Crippen LogP contribution in [0, 0.1) is 17.8 Å². The number of carbonyl (C=O) groups is 2. The number of aliphatic hydroxyl groups is 4. The van der Waals surface area contributed by atoms with Crippen LogP contribution in [0.25, 0.3) is 17.0 Å². The normalized spacial score (nSPS) is 38.8. The first-order chi connectivity index (χ1) is 34.1. The highest BCUT2D eigenvalue weighted by Crippen LogP contribution is 2.41. The molecule has 3 saturated heterocycles. The molecule has 414 valence electrons. The number of likely N-dealkylation sites (N-methyl/N-ethyl adjacent to an activating group) is 2. The molecule has 0 amide bonds. The molecule has 5 rings (SSSR count). The first-order valence-corrected chi connectivity index (χ1v) is 25.9. The van der Waals surface area contributed by atoms with Gasteiger partial charge in [-0.15, -0.1) is 0 Å². The van der Waals surface area contributed by atoms with Crippen molar-refractivity contribution >= 4 is 28.9 Å². The number of aliphatic hydroxyl groups excluding tert-OH is 2. The largest absolute Gasteiger partial charge is 0.477 e. The maximum atomic E-state index is 14.6. The molecule has 73 heavy (non-hydrogen) atoms. The highest BCUT2D eigenvalue weighted by molar-refractivity contribution is 5.93. The van der Waals surface area contributed by atoms with Crippen LogP contribution < -0.4 is 5.43 Å². The van der Waals surface area contributed by atoms with Gasteiger partial charge in [0.05, 0.1) is 66.9 Å². The number of pyridine rings is 1. The highest BCUT2D eigenvalue weighted by Gasteiger charge is 2.53. The van der Waals surface area contributed by atoms with Gasteiger partial charge in [-0.05, 0) is 112 Å². The zero-order valence-corrected chi connectivity index (χ0v) is 45.8. The summed E-state index contributed by atoms with van der Waals surface area (Å²) in [5.74, 6) is -4.03. The lowest BCUT2D eigenvalue weighted by atomic mass is 9.77. The Kier molecular flexibility index (Phi) is 20.8. The molecule has 1 aromatic heterocycles. The number of nitrogens with zero attached hydrogens (tertiary/aromatic N) is 3. The highest BCUT2D eigenvalue weighted by atomic mass is 16.7. The van der Waals surface area contributed by atoms with E-state index in [1.54, 1.807) is 70.7 Å². The number of aromatic nitrogens is 1. The fourth-order valence-electron chi connectivity index (χ4n) is 11.4. The average Bonchev–Trinajstić information content (AvgIpc) is 3.32. The molecule has 0 aliphatic carbocycles. The lowest BCUT2D eigenvalue weighted by molar-refractivity contribution is -0.321. The van der Waals surface area contributed by atoms with E-state index >= 15 is 0 Å². The van der Waals surface area contributed by atoms with E-state index in [0.717, 1.165) is 0 Å². The summed E-state index contributed by atoms with van der Waals surface area (Å²) in [5.41, 5.74) is -3.95. The predicted octanol–water partition coefficient (Wildman–Crippen LogP) is 4.21. The Balaban J connectivity index is 1.37. The van der Waals surface area contributed by atoms with Crippen LogP contribution in [0.3, 0.4) is 0 Å². The van der Waals surface area contributed by atoms with Gasteiger partial charge >= 0.3 is 11.9 Å². The quantitative estimate of drug-likeness (QED) is 0.124. The van der Waals surface area contributed by atoms with E-state index in [-0.39, 0.29) is 62.7 Å². The topological polar surface area (TPSA) is 238 Å². The summed E-state index contributed by atoms with van der Waals surface area (Å²) in [5, 5.41) is 57.8. The van der Waals surface area contributed by atoms with Crippen molar-refractivity contribution in [3.63, 3.8) is 0 Å². The van der Waals surface area contributed by atoms with Gasteiger partial charge in [-0.1, -0.05) is 39.0 Å². The molecule has 19 heteroatoms. The van der Waals surface area contributed by atoms with E-state index in [0.29, 0.717) is 29.4 Å². The van der Waals surface area contributed by atoms with Crippen molar-refractivity contribution in [3.05, 3.63) is 51.8 Å². The minimum absolute atomic E-state index is 0.157. The fraction of sp³-hybridized carbons (Fsp3) is 0.759. The Hall–Kier alpha value is -3.41. The van der Waals surface area contributed by atoms with Crippen molar-refractivity contribution in [1.29, 1.82) is 0 Å². The number of carboxylic acids is 1. The Labute approximate surface area is 431 Å². The average molecular weight is 1030 g/mol. The summed E-state index contributed by atoms with van der Waals surface area (Å²) in [6, 6.07) is 4.38. The summed E-state index contributed by atoms with van der Waals surface area (Å²) in [6.07, 6.45) is -3.26. The van der Waals surface area contributed by atoms with Gasteiger partial charge in [0.1, 0.15) is 35.6 Å². The van der Waals surface area contributed by atoms with Gasteiger partial charge in [0.15, 0.2) is 12.6 Å². The number of ether oxygens (including phenoxy) is 8. The Bertz CT molecular complexity index is 2240. The monoisotopic (exact) mass is 1030 g/mol. The SMILES string of the molecule is CC[C@H]1OC(=O)[C@H](C)[C@@H](O[C@H]2C[C@@](C)(OC)[C@@H](OCCOC/C=C/c3ccc4c(c3)c(=O)c(C(=O)O)cn4C)[C@H](C)O2)[C@H](C)[C@@H](O[C@@H]2O[C@H](C)C[C@H](N(C)C)[C@H]2O)[C@](C)(O)C[C@@H](C)CN(C)[C@H](C)[C@@H](O)[C@]1(C)O. The third-order valence-electron chi connectivity index (χ3n) is 15.7. The van der Waals surface area contributed by atoms with Crippen LogP contribution in [0.5, 0.6) is 0 Å². The molecule has 5 N–H and O–H groups in total. The van der Waals surface area contributed by atoms with Gasteiger partial charge in [-0.2, -0.15) is 0 Å². The second kappa shape index (κ2) is 25.2. The number of aryl methyl sites for hydroxylation is 1. The predicted molar refractivity (Wildman–Crippen MR) is 274 cm³/mol. The van der Waals surface area contributed by atoms with E-state index < -0.39 is 107 Å². The number of cyclic esters (lactones) is 1. The molecule has 2 aromatic rings. The van der Waals surface area contributed by atoms with Crippen LogP contribution >= 0.6 is 0 Å². The minimum Gasteiger partial charge on any atom is -0.477 e. The van der Waals surface area contributed by atoms with Crippen LogP contribution in [0.1, 0.15) is 111 Å². The fourth-order valence-corrected chi connectivity index (χ4v) is 11.4. The molecule has 0 spiro atoms. The van der Waals surface area contributed by atoms with Crippen LogP contribution in [0.4, 0.5) is 0 Å². The molecule has 3 fully saturated rings. The zero-order chi connectivity index (χ0) is 54.5. The summed E-state index contributed by atoms with van der Waals surface area (Å²) >= 11 is 0. The van der Waals surface area contributed by atoms with E-state index in [4.69, 9.17) is 37.9 Å². The van der Waals surface area contributed by atoms with Crippen LogP contribution in [-0.2, 0) is 49.7 Å². The molecule has 3 aliphatic heterocycles. The molecule has 0 unspecified atom stereocenters. The molecule has 18 atom stereocenters. The molecular weight excluding hydrogens is 947 g/mol. The van der Waals surface area contributed by atoms with Crippen molar-refractivity contribution in [3.8, 4) is 0 Å². The number of carboxylic acid groups (broad SMARTS) is 1. The smallest absolute Gasteiger partial charge is 0.341 e. The van der Waals surface area contributed by atoms with Crippen molar-refractivity contribution < 1.29 is 73.0 Å². The number of methoxy groups -OCH3 is 1. The number of aromatic carboxylic acids is 1. The summed E-state index contributed by atoms with van der Waals surface area (Å²) in [4.78, 5) is 42.9. The number of esters is 1. The lowest BCUT2D eigenvalue weighted by Crippen LogP contribution is -2.61. The minimum atomic E-state index is -1.84. The van der Waals surface area contributed by atoms with Crippen LogP contribution in [-0.4, -0.2) is 197 Å². The third-order valence-corrected chi connectivity index (χ3v) is 15.7. The van der Waals surface area contributed by atoms with E-state index in [1.165, 1.54) is 13.1 Å². The Morgan fingerprint density at radius 1 is 0.959 bits per heavy atom. The molecule has 3 aliphatic rings. The Morgan fingerprint density at radius 3 is 2.27 bits per heavy atom. The van der Waals surface area contributed by atoms with Crippen LogP contribution in [0.15, 0.2) is 35.3 Å². The number of rotatable bonds is 15. The van der Waals surface area contributed by atoms with Gasteiger partial charge in [0.25, 0.3) is 0 Å².